The fourth-order valence-corrected chi connectivity index (χ4v) is 11.3. The first-order valence-electron chi connectivity index (χ1n) is 13.4. The molecule has 35 heavy (non-hydrogen) atoms. The first-order valence-corrected chi connectivity index (χ1v) is 16.3. The molecule has 0 aliphatic rings. The van der Waals surface area contributed by atoms with Crippen molar-refractivity contribution in [3.63, 3.8) is 0 Å². The van der Waals surface area contributed by atoms with Crippen LogP contribution in [-0.2, 0) is 4.52 Å². The predicted molar refractivity (Wildman–Crippen MR) is 136 cm³/mol. The zero-order chi connectivity index (χ0) is 26.5. The van der Waals surface area contributed by atoms with Crippen LogP contribution in [0.5, 0.6) is 0 Å². The average Bonchev–Trinajstić information content (AvgIpc) is 2.82. The molecule has 0 saturated heterocycles. The van der Waals surface area contributed by atoms with Crippen LogP contribution in [0.2, 0.25) is 0 Å². The normalized spacial score (nSPS) is 13.0. The Morgan fingerprint density at radius 3 is 1.11 bits per heavy atom. The third-order valence-electron chi connectivity index (χ3n) is 7.06. The molecule has 0 amide bonds. The van der Waals surface area contributed by atoms with E-state index in [1.165, 1.54) is 0 Å². The number of carbonyl (C=O) groups excluding carboxylic acids is 1. The second-order valence-corrected chi connectivity index (χ2v) is 15.6. The van der Waals surface area contributed by atoms with Crippen LogP contribution in [0.1, 0.15) is 115 Å². The Balaban J connectivity index is 3.65. The number of benzene rings is 1. The molecule has 8 heteroatoms. The Morgan fingerprint density at radius 2 is 0.829 bits per heavy atom. The summed E-state index contributed by atoms with van der Waals surface area (Å²) in [6.45, 7) is 4.92. The summed E-state index contributed by atoms with van der Waals surface area (Å²) in [6, 6.07) is 0. The van der Waals surface area contributed by atoms with Crippen LogP contribution in [0.15, 0.2) is 0 Å². The van der Waals surface area contributed by atoms with Gasteiger partial charge in [-0.15, -0.1) is 0 Å². The van der Waals surface area contributed by atoms with Gasteiger partial charge in [0.05, 0.1) is 0 Å². The summed E-state index contributed by atoms with van der Waals surface area (Å²) in [5.74, 6) is -12.2. The van der Waals surface area contributed by atoms with E-state index in [0.29, 0.717) is 24.6 Å². The van der Waals surface area contributed by atoms with Gasteiger partial charge in [-0.3, -0.25) is 0 Å². The molecule has 0 spiro atoms. The summed E-state index contributed by atoms with van der Waals surface area (Å²) in [6.07, 6.45) is 13.3. The van der Waals surface area contributed by atoms with E-state index in [-0.39, 0.29) is 0 Å². The Bertz CT molecular complexity index is 735. The molecule has 0 aliphatic carbocycles. The van der Waals surface area contributed by atoms with Crippen molar-refractivity contribution in [2.75, 3.05) is 24.6 Å². The van der Waals surface area contributed by atoms with Crippen LogP contribution in [0.4, 0.5) is 22.0 Å². The molecule has 1 rings (SSSR count). The predicted octanol–water partition coefficient (Wildman–Crippen LogP) is 9.77. The minimum atomic E-state index is -3.36. The molecule has 2 nitrogen and oxygen atoms in total. The standard InChI is InChI=1S/C27H44F5O2P/c1-5-9-13-17-35(18-14-10-6-2,19-15-11-7-3,20-16-12-8-4)34-27(33)21-22(28)24(30)26(32)25(31)23(21)29/h5-20H2,1-4H3. The van der Waals surface area contributed by atoms with Gasteiger partial charge < -0.3 is 0 Å². The minimum absolute atomic E-state index is 0.637. The van der Waals surface area contributed by atoms with Gasteiger partial charge in [0.1, 0.15) is 0 Å². The summed E-state index contributed by atoms with van der Waals surface area (Å²) >= 11 is 0. The second kappa shape index (κ2) is 15.1. The summed E-state index contributed by atoms with van der Waals surface area (Å²) in [5, 5.41) is 0. The Labute approximate surface area is 208 Å². The van der Waals surface area contributed by atoms with Gasteiger partial charge in [0.2, 0.25) is 0 Å². The van der Waals surface area contributed by atoms with Gasteiger partial charge in [0, 0.05) is 0 Å². The SMILES string of the molecule is CCCCCP(CCCCC)(CCCCC)(CCCCC)OC(=O)c1c(F)c(F)c(F)c(F)c1F. The molecule has 0 bridgehead atoms. The molecule has 0 aromatic heterocycles. The fourth-order valence-electron chi connectivity index (χ4n) is 4.96. The van der Waals surface area contributed by atoms with Crippen LogP contribution in [0, 0.1) is 29.1 Å². The molecule has 1 aromatic carbocycles. The molecule has 0 heterocycles. The second-order valence-electron chi connectivity index (χ2n) is 9.90. The molecule has 0 N–H and O–H groups in total. The number of carbonyl (C=O) groups is 1. The van der Waals surface area contributed by atoms with E-state index >= 15 is 0 Å². The van der Waals surface area contributed by atoms with Crippen molar-refractivity contribution < 1.29 is 31.3 Å². The maximum atomic E-state index is 14.6. The molecule has 0 radical (unpaired) electrons. The van der Waals surface area contributed by atoms with Crippen molar-refractivity contribution in [1.29, 1.82) is 0 Å². The van der Waals surface area contributed by atoms with E-state index in [4.69, 9.17) is 4.52 Å². The number of hydrogen-bond acceptors (Lipinski definition) is 2. The van der Waals surface area contributed by atoms with Gasteiger partial charge in [0.15, 0.2) is 0 Å². The molecule has 1 aromatic rings. The van der Waals surface area contributed by atoms with Crippen molar-refractivity contribution in [3.8, 4) is 0 Å². The van der Waals surface area contributed by atoms with Crippen molar-refractivity contribution >= 4 is 12.8 Å². The molecule has 204 valence electrons. The van der Waals surface area contributed by atoms with Crippen molar-refractivity contribution in [2.45, 2.75) is 105 Å². The van der Waals surface area contributed by atoms with Crippen molar-refractivity contribution in [1.82, 2.24) is 0 Å². The zero-order valence-corrected chi connectivity index (χ0v) is 22.9. The molecule has 0 atom stereocenters. The van der Waals surface area contributed by atoms with Crippen LogP contribution >= 0.6 is 6.83 Å². The third kappa shape index (κ3) is 8.40. The van der Waals surface area contributed by atoms with E-state index in [1.807, 2.05) is 0 Å². The van der Waals surface area contributed by atoms with Crippen LogP contribution in [0.3, 0.4) is 0 Å². The Kier molecular flexibility index (Phi) is 13.7. The van der Waals surface area contributed by atoms with E-state index < -0.39 is 47.4 Å². The molecule has 0 saturated carbocycles. The Hall–Kier alpha value is -1.23. The van der Waals surface area contributed by atoms with Crippen LogP contribution < -0.4 is 0 Å². The topological polar surface area (TPSA) is 26.3 Å². The third-order valence-corrected chi connectivity index (χ3v) is 13.5. The molecule has 0 aliphatic heterocycles. The quantitative estimate of drug-likeness (QED) is 0.0626. The van der Waals surface area contributed by atoms with Gasteiger partial charge in [-0.25, -0.2) is 0 Å². The monoisotopic (exact) mass is 526 g/mol. The first-order chi connectivity index (χ1) is 16.6. The number of rotatable bonds is 18. The number of hydrogen-bond donors (Lipinski definition) is 0. The Morgan fingerprint density at radius 1 is 0.543 bits per heavy atom. The van der Waals surface area contributed by atoms with Gasteiger partial charge in [0.25, 0.3) is 0 Å². The van der Waals surface area contributed by atoms with E-state index in [9.17, 15) is 26.7 Å². The first kappa shape index (κ1) is 31.8. The van der Waals surface area contributed by atoms with E-state index in [0.717, 1.165) is 77.0 Å². The fraction of sp³-hybridized carbons (Fsp3) is 0.741. The molecule has 0 fully saturated rings. The van der Waals surface area contributed by atoms with Crippen molar-refractivity contribution in [3.05, 3.63) is 34.6 Å². The van der Waals surface area contributed by atoms with Gasteiger partial charge in [-0.05, 0) is 0 Å². The molecule has 0 unspecified atom stereocenters. The number of halogens is 5. The van der Waals surface area contributed by atoms with Crippen LogP contribution in [-0.4, -0.2) is 30.6 Å². The molecular formula is C27H44F5O2P. The zero-order valence-electron chi connectivity index (χ0n) is 22.0. The van der Waals surface area contributed by atoms with Gasteiger partial charge >= 0.3 is 208 Å². The summed E-state index contributed by atoms with van der Waals surface area (Å²) in [5.41, 5.74) is -1.47. The number of unbranched alkanes of at least 4 members (excludes halogenated alkanes) is 8. The maximum absolute atomic E-state index is 14.6. The van der Waals surface area contributed by atoms with Gasteiger partial charge in [-0.2, -0.15) is 0 Å². The van der Waals surface area contributed by atoms with Crippen molar-refractivity contribution in [2.24, 2.45) is 0 Å². The average molecular weight is 527 g/mol. The summed E-state index contributed by atoms with van der Waals surface area (Å²) in [4.78, 5) is 13.3. The van der Waals surface area contributed by atoms with E-state index in [1.54, 1.807) is 0 Å². The molecular weight excluding hydrogens is 482 g/mol. The van der Waals surface area contributed by atoms with E-state index in [2.05, 4.69) is 27.7 Å². The van der Waals surface area contributed by atoms with Crippen LogP contribution in [0.25, 0.3) is 0 Å². The summed E-state index contributed by atoms with van der Waals surface area (Å²) in [7, 11) is 0. The summed E-state index contributed by atoms with van der Waals surface area (Å²) < 4.78 is 76.9. The van der Waals surface area contributed by atoms with Gasteiger partial charge in [-0.1, -0.05) is 0 Å².